The van der Waals surface area contributed by atoms with E-state index < -0.39 is 7.59 Å². The van der Waals surface area contributed by atoms with Gasteiger partial charge in [0.2, 0.25) is 13.5 Å². The number of nitrogens with zero attached hydrogens (tertiary/aromatic N) is 3. The summed E-state index contributed by atoms with van der Waals surface area (Å²) < 4.78 is -3.73. The quantitative estimate of drug-likeness (QED) is 0.699. The highest BCUT2D eigenvalue weighted by molar-refractivity contribution is 6.67. The Balaban J connectivity index is 2.30. The zero-order valence-corrected chi connectivity index (χ0v) is 15.2. The minimum Gasteiger partial charge on any atom is -0.350 e. The second-order valence-corrected chi connectivity index (χ2v) is 8.70. The molecule has 0 radical (unpaired) electrons. The third-order valence-corrected chi connectivity index (χ3v) is 3.45. The van der Waals surface area contributed by atoms with Crippen molar-refractivity contribution in [2.24, 2.45) is 0 Å². The van der Waals surface area contributed by atoms with Gasteiger partial charge in [0.1, 0.15) is 0 Å². The number of rotatable bonds is 3. The summed E-state index contributed by atoms with van der Waals surface area (Å²) in [7, 11) is 0. The first-order valence-corrected chi connectivity index (χ1v) is 8.11. The van der Waals surface area contributed by atoms with Crippen molar-refractivity contribution >= 4 is 75.6 Å². The van der Waals surface area contributed by atoms with Gasteiger partial charge >= 0.3 is 0 Å². The summed E-state index contributed by atoms with van der Waals surface area (Å²) in [5.41, 5.74) is 1.01. The molecule has 0 aliphatic heterocycles. The van der Waals surface area contributed by atoms with Gasteiger partial charge in [-0.05, 0) is 5.56 Å². The highest BCUT2D eigenvalue weighted by Crippen LogP contribution is 2.40. The normalized spacial score (nSPS) is 12.3. The molecule has 118 valence electrons. The highest BCUT2D eigenvalue weighted by atomic mass is 35.6. The second-order valence-electron chi connectivity index (χ2n) is 4.14. The standard InChI is InChI=1S/C12H8Cl6N4/c13-11(14,15)8-20-9(12(16,17)18)22-10(21-8)19-6-7-4-2-1-3-5-7/h1-5H,6H2,(H,19,20,21,22). The van der Waals surface area contributed by atoms with Crippen LogP contribution in [0, 0.1) is 0 Å². The number of hydrogen-bond acceptors (Lipinski definition) is 4. The van der Waals surface area contributed by atoms with Crippen LogP contribution in [-0.4, -0.2) is 15.0 Å². The number of anilines is 1. The Morgan fingerprint density at radius 3 is 1.73 bits per heavy atom. The molecule has 0 unspecified atom stereocenters. The minimum atomic E-state index is -1.86. The maximum absolute atomic E-state index is 5.79. The Morgan fingerprint density at radius 2 is 1.27 bits per heavy atom. The molecule has 4 nitrogen and oxygen atoms in total. The maximum Gasteiger partial charge on any atom is 0.250 e. The third kappa shape index (κ3) is 5.15. The van der Waals surface area contributed by atoms with E-state index >= 15 is 0 Å². The van der Waals surface area contributed by atoms with E-state index in [9.17, 15) is 0 Å². The fourth-order valence-electron chi connectivity index (χ4n) is 1.49. The van der Waals surface area contributed by atoms with Gasteiger partial charge in [0.25, 0.3) is 0 Å². The van der Waals surface area contributed by atoms with Crippen molar-refractivity contribution in [1.29, 1.82) is 0 Å². The number of hydrogen-bond donors (Lipinski definition) is 1. The van der Waals surface area contributed by atoms with Crippen molar-refractivity contribution in [3.05, 3.63) is 47.5 Å². The topological polar surface area (TPSA) is 50.7 Å². The second kappa shape index (κ2) is 7.12. The van der Waals surface area contributed by atoms with Crippen LogP contribution < -0.4 is 5.32 Å². The largest absolute Gasteiger partial charge is 0.350 e. The maximum atomic E-state index is 5.79. The van der Waals surface area contributed by atoms with E-state index in [1.165, 1.54) is 0 Å². The molecule has 0 amide bonds. The van der Waals surface area contributed by atoms with Gasteiger partial charge in [-0.1, -0.05) is 99.9 Å². The molecule has 1 aromatic heterocycles. The van der Waals surface area contributed by atoms with Crippen LogP contribution in [-0.2, 0) is 14.1 Å². The Bertz CT molecular complexity index is 606. The van der Waals surface area contributed by atoms with Crippen LogP contribution in [0.15, 0.2) is 30.3 Å². The molecule has 1 N–H and O–H groups in total. The molecule has 0 fully saturated rings. The molecule has 2 rings (SSSR count). The Labute approximate surface area is 157 Å². The number of benzene rings is 1. The molecule has 0 atom stereocenters. The average molecular weight is 421 g/mol. The number of halogens is 6. The van der Waals surface area contributed by atoms with Gasteiger partial charge in [-0.25, -0.2) is 4.98 Å². The molecule has 0 spiro atoms. The van der Waals surface area contributed by atoms with E-state index in [4.69, 9.17) is 69.6 Å². The van der Waals surface area contributed by atoms with E-state index in [0.29, 0.717) is 6.54 Å². The predicted molar refractivity (Wildman–Crippen MR) is 92.1 cm³/mol. The molecule has 1 aromatic carbocycles. The van der Waals surface area contributed by atoms with Crippen molar-refractivity contribution < 1.29 is 0 Å². The summed E-state index contributed by atoms with van der Waals surface area (Å²) >= 11 is 34.7. The SMILES string of the molecule is ClC(Cl)(Cl)c1nc(NCc2ccccc2)nc(C(Cl)(Cl)Cl)n1. The zero-order valence-electron chi connectivity index (χ0n) is 10.7. The van der Waals surface area contributed by atoms with Gasteiger partial charge in [-0.3, -0.25) is 0 Å². The van der Waals surface area contributed by atoms with Crippen LogP contribution >= 0.6 is 69.6 Å². The molecule has 0 saturated heterocycles. The smallest absolute Gasteiger partial charge is 0.250 e. The van der Waals surface area contributed by atoms with E-state index in [1.54, 1.807) is 0 Å². The van der Waals surface area contributed by atoms with Crippen LogP contribution in [0.1, 0.15) is 17.2 Å². The molecule has 0 aliphatic carbocycles. The lowest BCUT2D eigenvalue weighted by atomic mass is 10.2. The highest BCUT2D eigenvalue weighted by Gasteiger charge is 2.33. The van der Waals surface area contributed by atoms with Crippen LogP contribution in [0.3, 0.4) is 0 Å². The molecule has 0 aliphatic rings. The molecular weight excluding hydrogens is 413 g/mol. The van der Waals surface area contributed by atoms with Gasteiger partial charge in [0.05, 0.1) is 0 Å². The Kier molecular flexibility index (Phi) is 5.86. The molecular formula is C12H8Cl6N4. The first-order chi connectivity index (χ1) is 10.2. The lowest BCUT2D eigenvalue weighted by Crippen LogP contribution is -2.18. The molecule has 1 heterocycles. The monoisotopic (exact) mass is 418 g/mol. The average Bonchev–Trinajstić information content (AvgIpc) is 2.44. The number of alkyl halides is 6. The van der Waals surface area contributed by atoms with Gasteiger partial charge < -0.3 is 5.32 Å². The van der Waals surface area contributed by atoms with Gasteiger partial charge in [-0.2, -0.15) is 9.97 Å². The summed E-state index contributed by atoms with van der Waals surface area (Å²) in [5, 5.41) is 2.97. The lowest BCUT2D eigenvalue weighted by molar-refractivity contribution is 0.841. The summed E-state index contributed by atoms with van der Waals surface area (Å²) in [6.07, 6.45) is 0. The Hall–Kier alpha value is -0.230. The predicted octanol–water partition coefficient (Wildman–Crippen LogP) is 5.14. The first-order valence-electron chi connectivity index (χ1n) is 5.84. The summed E-state index contributed by atoms with van der Waals surface area (Å²) in [5.74, 6) is -0.129. The summed E-state index contributed by atoms with van der Waals surface area (Å²) in [4.78, 5) is 11.9. The Morgan fingerprint density at radius 1 is 0.773 bits per heavy atom. The fourth-order valence-corrected chi connectivity index (χ4v) is 1.99. The van der Waals surface area contributed by atoms with Crippen LogP contribution in [0.25, 0.3) is 0 Å². The molecule has 22 heavy (non-hydrogen) atoms. The van der Waals surface area contributed by atoms with Crippen molar-refractivity contribution in [3.8, 4) is 0 Å². The van der Waals surface area contributed by atoms with Crippen molar-refractivity contribution in [3.63, 3.8) is 0 Å². The van der Waals surface area contributed by atoms with Crippen LogP contribution in [0.2, 0.25) is 0 Å². The zero-order chi connectivity index (χ0) is 16.4. The molecule has 2 aromatic rings. The summed E-state index contributed by atoms with van der Waals surface area (Å²) in [6, 6.07) is 9.59. The molecule has 10 heteroatoms. The minimum absolute atomic E-state index is 0.135. The third-order valence-electron chi connectivity index (χ3n) is 2.44. The van der Waals surface area contributed by atoms with Gasteiger partial charge in [-0.15, -0.1) is 0 Å². The van der Waals surface area contributed by atoms with E-state index in [2.05, 4.69) is 20.3 Å². The van der Waals surface area contributed by atoms with Crippen molar-refractivity contribution in [2.45, 2.75) is 14.1 Å². The lowest BCUT2D eigenvalue weighted by Gasteiger charge is -2.16. The number of aromatic nitrogens is 3. The van der Waals surface area contributed by atoms with E-state index in [0.717, 1.165) is 5.56 Å². The molecule has 0 bridgehead atoms. The van der Waals surface area contributed by atoms with Crippen molar-refractivity contribution in [1.82, 2.24) is 15.0 Å². The van der Waals surface area contributed by atoms with Crippen LogP contribution in [0.5, 0.6) is 0 Å². The van der Waals surface area contributed by atoms with Gasteiger partial charge in [0.15, 0.2) is 11.6 Å². The molecule has 0 saturated carbocycles. The van der Waals surface area contributed by atoms with Crippen molar-refractivity contribution in [2.75, 3.05) is 5.32 Å². The summed E-state index contributed by atoms with van der Waals surface area (Å²) in [6.45, 7) is 0.448. The first kappa shape index (κ1) is 18.1. The van der Waals surface area contributed by atoms with Crippen LogP contribution in [0.4, 0.5) is 5.95 Å². The number of nitrogens with one attached hydrogen (secondary N) is 1. The van der Waals surface area contributed by atoms with E-state index in [1.807, 2.05) is 30.3 Å². The fraction of sp³-hybridized carbons (Fsp3) is 0.250. The van der Waals surface area contributed by atoms with E-state index in [-0.39, 0.29) is 17.6 Å². The van der Waals surface area contributed by atoms with Gasteiger partial charge in [0, 0.05) is 6.54 Å².